The molecule has 0 aromatic rings. The first-order chi connectivity index (χ1) is 13.1. The lowest BCUT2D eigenvalue weighted by Crippen LogP contribution is -2.63. The zero-order valence-corrected chi connectivity index (χ0v) is 23.4. The molecule has 169 valence electrons. The number of hydrogen-bond donors (Lipinski definition) is 0. The van der Waals surface area contributed by atoms with E-state index in [1.807, 2.05) is 0 Å². The van der Waals surface area contributed by atoms with Gasteiger partial charge in [0.05, 0.1) is 8.80 Å². The summed E-state index contributed by atoms with van der Waals surface area (Å²) in [5.74, 6) is 0. The van der Waals surface area contributed by atoms with Crippen molar-refractivity contribution in [2.24, 2.45) is 0 Å². The maximum atomic E-state index is 5.81. The standard InChI is InChI=1S/C15H39O9Si4/c1-13(26(16-4,17-5)18-6)25(14(2)27(19-7,20-8)21-9)15(3)28(22-10,23-11)24-12/h13-15H,1-12H3. The molecule has 0 saturated heterocycles. The second-order valence-corrected chi connectivity index (χ2v) is 21.5. The van der Waals surface area contributed by atoms with E-state index in [1.165, 1.54) is 0 Å². The van der Waals surface area contributed by atoms with E-state index >= 15 is 0 Å². The Morgan fingerprint density at radius 3 is 0.643 bits per heavy atom. The second kappa shape index (κ2) is 12.4. The molecule has 28 heavy (non-hydrogen) atoms. The first-order valence-electron chi connectivity index (χ1n) is 8.98. The van der Waals surface area contributed by atoms with Crippen LogP contribution in [-0.2, 0) is 39.8 Å². The molecule has 0 amide bonds. The Kier molecular flexibility index (Phi) is 12.6. The van der Waals surface area contributed by atoms with E-state index < -0.39 is 35.2 Å². The van der Waals surface area contributed by atoms with Gasteiger partial charge in [-0.05, 0) is 0 Å². The molecular weight excluding hydrogens is 437 g/mol. The van der Waals surface area contributed by atoms with Gasteiger partial charge in [0.15, 0.2) is 0 Å². The first-order valence-corrected chi connectivity index (χ1v) is 16.1. The Hall–Kier alpha value is 0.508. The fourth-order valence-corrected chi connectivity index (χ4v) is 25.1. The van der Waals surface area contributed by atoms with Crippen molar-refractivity contribution in [2.75, 3.05) is 64.0 Å². The van der Waals surface area contributed by atoms with Gasteiger partial charge in [0.1, 0.15) is 0 Å². The molecule has 0 aliphatic heterocycles. The van der Waals surface area contributed by atoms with Gasteiger partial charge in [-0.25, -0.2) is 0 Å². The molecular formula is C15H39O9Si4. The highest BCUT2D eigenvalue weighted by Gasteiger charge is 2.63. The lowest BCUT2D eigenvalue weighted by Gasteiger charge is -2.45. The summed E-state index contributed by atoms with van der Waals surface area (Å²) in [5, 5.41) is -0.161. The van der Waals surface area contributed by atoms with Gasteiger partial charge >= 0.3 is 26.4 Å². The third-order valence-electron chi connectivity index (χ3n) is 5.65. The molecule has 0 aromatic carbocycles. The smallest absolute Gasteiger partial charge is 0.377 e. The molecule has 0 aliphatic rings. The van der Waals surface area contributed by atoms with Gasteiger partial charge in [-0.3, -0.25) is 0 Å². The van der Waals surface area contributed by atoms with Crippen LogP contribution >= 0.6 is 0 Å². The molecule has 3 unspecified atom stereocenters. The van der Waals surface area contributed by atoms with Crippen LogP contribution in [0, 0.1) is 0 Å². The second-order valence-electron chi connectivity index (χ2n) is 6.31. The Labute approximate surface area is 175 Å². The summed E-state index contributed by atoms with van der Waals surface area (Å²) in [6.07, 6.45) is 0. The lowest BCUT2D eigenvalue weighted by atomic mass is 10.9. The molecule has 0 aliphatic carbocycles. The highest BCUT2D eigenvalue weighted by molar-refractivity contribution is 6.96. The molecule has 13 heteroatoms. The summed E-state index contributed by atoms with van der Waals surface area (Å²) < 4.78 is 52.3. The van der Waals surface area contributed by atoms with Crippen molar-refractivity contribution >= 4 is 35.2 Å². The highest BCUT2D eigenvalue weighted by Crippen LogP contribution is 2.45. The quantitative estimate of drug-likeness (QED) is 0.330. The van der Waals surface area contributed by atoms with Crippen LogP contribution in [-0.4, -0.2) is 99.2 Å². The third kappa shape index (κ3) is 5.22. The van der Waals surface area contributed by atoms with Crippen LogP contribution in [0.3, 0.4) is 0 Å². The predicted molar refractivity (Wildman–Crippen MR) is 114 cm³/mol. The molecule has 1 radical (unpaired) electrons. The first kappa shape index (κ1) is 28.5. The van der Waals surface area contributed by atoms with E-state index in [4.69, 9.17) is 39.8 Å². The molecule has 0 saturated carbocycles. The van der Waals surface area contributed by atoms with Crippen LogP contribution in [0.1, 0.15) is 20.8 Å². The van der Waals surface area contributed by atoms with Crippen molar-refractivity contribution in [1.29, 1.82) is 0 Å². The minimum Gasteiger partial charge on any atom is -0.377 e. The average Bonchev–Trinajstić information content (AvgIpc) is 2.73. The molecule has 0 fully saturated rings. The Balaban J connectivity index is 6.54. The van der Waals surface area contributed by atoms with Crippen LogP contribution < -0.4 is 0 Å². The summed E-state index contributed by atoms with van der Waals surface area (Å²) in [7, 11) is 4.10. The Morgan fingerprint density at radius 1 is 0.393 bits per heavy atom. The van der Waals surface area contributed by atoms with E-state index in [9.17, 15) is 0 Å². The molecule has 0 N–H and O–H groups in total. The topological polar surface area (TPSA) is 83.1 Å². The van der Waals surface area contributed by atoms with E-state index in [0.29, 0.717) is 0 Å². The zero-order valence-electron chi connectivity index (χ0n) is 19.4. The zero-order chi connectivity index (χ0) is 22.2. The summed E-state index contributed by atoms with van der Waals surface area (Å²) in [5.41, 5.74) is 0. The third-order valence-corrected chi connectivity index (χ3v) is 23.1. The van der Waals surface area contributed by atoms with Crippen LogP contribution in [0.4, 0.5) is 0 Å². The maximum Gasteiger partial charge on any atom is 0.500 e. The normalized spacial score (nSPS) is 17.0. The lowest BCUT2D eigenvalue weighted by molar-refractivity contribution is 0.112. The van der Waals surface area contributed by atoms with Gasteiger partial charge in [-0.1, -0.05) is 20.8 Å². The Morgan fingerprint density at radius 2 is 0.536 bits per heavy atom. The molecule has 9 nitrogen and oxygen atoms in total. The predicted octanol–water partition coefficient (Wildman–Crippen LogP) is 1.90. The summed E-state index contributed by atoms with van der Waals surface area (Å²) in [4.78, 5) is 0. The van der Waals surface area contributed by atoms with Gasteiger partial charge in [-0.2, -0.15) is 0 Å². The summed E-state index contributed by atoms with van der Waals surface area (Å²) in [6.45, 7) is 6.26. The minimum absolute atomic E-state index is 0.0536. The van der Waals surface area contributed by atoms with Crippen LogP contribution in [0.15, 0.2) is 0 Å². The molecule has 0 rings (SSSR count). The fraction of sp³-hybridized carbons (Fsp3) is 1.00. The monoisotopic (exact) mass is 475 g/mol. The minimum atomic E-state index is -2.99. The highest BCUT2D eigenvalue weighted by atomic mass is 28.5. The molecule has 0 aromatic heterocycles. The number of hydrogen-bond acceptors (Lipinski definition) is 9. The van der Waals surface area contributed by atoms with Crippen LogP contribution in [0.5, 0.6) is 0 Å². The SMILES string of the molecule is CO[Si](OC)(OC)C(C)[Si](C(C)[Si](OC)(OC)OC)C(C)[Si](OC)(OC)OC. The van der Waals surface area contributed by atoms with E-state index in [1.54, 1.807) is 64.0 Å². The van der Waals surface area contributed by atoms with Crippen molar-refractivity contribution < 1.29 is 39.8 Å². The van der Waals surface area contributed by atoms with Gasteiger partial charge in [0.25, 0.3) is 0 Å². The van der Waals surface area contributed by atoms with Crippen molar-refractivity contribution in [3.63, 3.8) is 0 Å². The van der Waals surface area contributed by atoms with Crippen LogP contribution in [0.25, 0.3) is 0 Å². The maximum absolute atomic E-state index is 5.81. The van der Waals surface area contributed by atoms with Crippen molar-refractivity contribution in [3.8, 4) is 0 Å². The van der Waals surface area contributed by atoms with Crippen molar-refractivity contribution in [3.05, 3.63) is 0 Å². The fourth-order valence-electron chi connectivity index (χ4n) is 4.08. The summed E-state index contributed by atoms with van der Waals surface area (Å²) in [6, 6.07) is 0. The Bertz CT molecular complexity index is 347. The van der Waals surface area contributed by atoms with Gasteiger partial charge in [0.2, 0.25) is 0 Å². The van der Waals surface area contributed by atoms with Gasteiger partial charge in [-0.15, -0.1) is 0 Å². The van der Waals surface area contributed by atoms with E-state index in [0.717, 1.165) is 0 Å². The molecule has 0 spiro atoms. The van der Waals surface area contributed by atoms with Crippen molar-refractivity contribution in [2.45, 2.75) is 36.3 Å². The molecule has 0 heterocycles. The van der Waals surface area contributed by atoms with E-state index in [2.05, 4.69) is 20.8 Å². The van der Waals surface area contributed by atoms with Gasteiger partial charge < -0.3 is 39.8 Å². The largest absolute Gasteiger partial charge is 0.500 e. The molecule has 3 atom stereocenters. The van der Waals surface area contributed by atoms with E-state index in [-0.39, 0.29) is 15.5 Å². The number of rotatable bonds is 15. The average molecular weight is 476 g/mol. The molecule has 0 bridgehead atoms. The van der Waals surface area contributed by atoms with Crippen molar-refractivity contribution in [1.82, 2.24) is 0 Å². The van der Waals surface area contributed by atoms with Crippen LogP contribution in [0.2, 0.25) is 15.5 Å². The summed E-state index contributed by atoms with van der Waals surface area (Å²) >= 11 is 0. The van der Waals surface area contributed by atoms with Gasteiger partial charge in [0, 0.05) is 79.5 Å².